The van der Waals surface area contributed by atoms with Gasteiger partial charge in [0, 0.05) is 17.6 Å². The Kier molecular flexibility index (Phi) is 4.88. The highest BCUT2D eigenvalue weighted by atomic mass is 32.2. The number of amides is 1. The van der Waals surface area contributed by atoms with Crippen LogP contribution in [-0.4, -0.2) is 38.4 Å². The van der Waals surface area contributed by atoms with E-state index in [1.54, 1.807) is 26.8 Å². The number of carbonyl (C=O) groups excluding carboxylic acids is 2. The second-order valence-corrected chi connectivity index (χ2v) is 8.10. The lowest BCUT2D eigenvalue weighted by atomic mass is 10.1. The van der Waals surface area contributed by atoms with Gasteiger partial charge < -0.3 is 10.1 Å². The van der Waals surface area contributed by atoms with E-state index in [1.165, 1.54) is 18.2 Å². The molecule has 0 saturated carbocycles. The van der Waals surface area contributed by atoms with E-state index in [0.717, 1.165) is 0 Å². The summed E-state index contributed by atoms with van der Waals surface area (Å²) in [5, 5.41) is 2.57. The number of Topliss-reactive ketones (excluding diaryl/α,β-unsaturated/α-hetero) is 1. The zero-order chi connectivity index (χ0) is 17.3. The standard InChI is InChI=1S/C15H20N2O5S/c1-15(2,3)17-23(20,21)12-6-4-5-10(7-12)16-14(19)13-8-11(18)9-22-13/h4-7,13,17H,8-9H2,1-3H3,(H,16,19). The van der Waals surface area contributed by atoms with Gasteiger partial charge in [0.05, 0.1) is 4.90 Å². The summed E-state index contributed by atoms with van der Waals surface area (Å²) in [5.41, 5.74) is -0.286. The molecule has 8 heteroatoms. The van der Waals surface area contributed by atoms with Crippen molar-refractivity contribution >= 4 is 27.4 Å². The first-order valence-corrected chi connectivity index (χ1v) is 8.63. The van der Waals surface area contributed by atoms with Gasteiger partial charge in [-0.15, -0.1) is 0 Å². The van der Waals surface area contributed by atoms with Crippen molar-refractivity contribution in [3.8, 4) is 0 Å². The molecule has 7 nitrogen and oxygen atoms in total. The second kappa shape index (κ2) is 6.38. The van der Waals surface area contributed by atoms with Crippen LogP contribution in [0.4, 0.5) is 5.69 Å². The van der Waals surface area contributed by atoms with Gasteiger partial charge in [-0.3, -0.25) is 9.59 Å². The zero-order valence-electron chi connectivity index (χ0n) is 13.3. The fourth-order valence-corrected chi connectivity index (χ4v) is 3.58. The van der Waals surface area contributed by atoms with Crippen LogP contribution in [0.3, 0.4) is 0 Å². The zero-order valence-corrected chi connectivity index (χ0v) is 14.1. The van der Waals surface area contributed by atoms with Crippen LogP contribution in [-0.2, 0) is 24.3 Å². The van der Waals surface area contributed by atoms with Gasteiger partial charge in [0.2, 0.25) is 10.0 Å². The number of nitrogens with one attached hydrogen (secondary N) is 2. The Hall–Kier alpha value is -1.77. The Morgan fingerprint density at radius 1 is 1.30 bits per heavy atom. The largest absolute Gasteiger partial charge is 0.360 e. The van der Waals surface area contributed by atoms with Gasteiger partial charge in [-0.25, -0.2) is 13.1 Å². The number of benzene rings is 1. The van der Waals surface area contributed by atoms with Gasteiger partial charge in [-0.05, 0) is 39.0 Å². The van der Waals surface area contributed by atoms with Crippen LogP contribution in [0.1, 0.15) is 27.2 Å². The molecule has 1 aliphatic rings. The maximum absolute atomic E-state index is 12.3. The molecule has 126 valence electrons. The molecule has 2 N–H and O–H groups in total. The smallest absolute Gasteiger partial charge is 0.253 e. The molecule has 0 bridgehead atoms. The maximum Gasteiger partial charge on any atom is 0.253 e. The van der Waals surface area contributed by atoms with Gasteiger partial charge in [-0.2, -0.15) is 0 Å². The summed E-state index contributed by atoms with van der Waals surface area (Å²) in [4.78, 5) is 23.2. The fraction of sp³-hybridized carbons (Fsp3) is 0.467. The Balaban J connectivity index is 2.14. The first kappa shape index (κ1) is 17.6. The van der Waals surface area contributed by atoms with E-state index < -0.39 is 27.6 Å². The normalized spacial score (nSPS) is 18.9. The molecular formula is C15H20N2O5S. The van der Waals surface area contributed by atoms with Crippen molar-refractivity contribution in [2.24, 2.45) is 0 Å². The monoisotopic (exact) mass is 340 g/mol. The molecule has 1 unspecified atom stereocenters. The summed E-state index contributed by atoms with van der Waals surface area (Å²) in [6, 6.07) is 5.92. The first-order valence-electron chi connectivity index (χ1n) is 7.15. The highest BCUT2D eigenvalue weighted by Crippen LogP contribution is 2.19. The van der Waals surface area contributed by atoms with Crippen molar-refractivity contribution in [3.05, 3.63) is 24.3 Å². The van der Waals surface area contributed by atoms with Crippen LogP contribution in [0, 0.1) is 0 Å². The molecule has 0 spiro atoms. The van der Waals surface area contributed by atoms with E-state index >= 15 is 0 Å². The van der Waals surface area contributed by atoms with Crippen molar-refractivity contribution in [2.45, 2.75) is 43.7 Å². The highest BCUT2D eigenvalue weighted by molar-refractivity contribution is 7.89. The number of sulfonamides is 1. The van der Waals surface area contributed by atoms with Gasteiger partial charge in [0.15, 0.2) is 5.78 Å². The van der Waals surface area contributed by atoms with Crippen molar-refractivity contribution < 1.29 is 22.7 Å². The third kappa shape index (κ3) is 4.85. The highest BCUT2D eigenvalue weighted by Gasteiger charge is 2.29. The van der Waals surface area contributed by atoms with Crippen LogP contribution in [0.15, 0.2) is 29.2 Å². The number of hydrogen-bond donors (Lipinski definition) is 2. The number of rotatable bonds is 4. The fourth-order valence-electron chi connectivity index (χ4n) is 2.11. The lowest BCUT2D eigenvalue weighted by Gasteiger charge is -2.20. The molecule has 0 aromatic heterocycles. The van der Waals surface area contributed by atoms with Gasteiger partial charge >= 0.3 is 0 Å². The lowest BCUT2D eigenvalue weighted by Crippen LogP contribution is -2.40. The summed E-state index contributed by atoms with van der Waals surface area (Å²) in [5.74, 6) is -0.593. The minimum absolute atomic E-state index is 0.0371. The summed E-state index contributed by atoms with van der Waals surface area (Å²) in [6.45, 7) is 5.15. The number of anilines is 1. The molecule has 1 aromatic carbocycles. The minimum atomic E-state index is -3.69. The molecule has 0 aliphatic carbocycles. The number of carbonyl (C=O) groups is 2. The van der Waals surface area contributed by atoms with Crippen LogP contribution >= 0.6 is 0 Å². The average molecular weight is 340 g/mol. The quantitative estimate of drug-likeness (QED) is 0.853. The molecule has 1 fully saturated rings. The molecule has 1 saturated heterocycles. The number of ether oxygens (including phenoxy) is 1. The van der Waals surface area contributed by atoms with Crippen molar-refractivity contribution in [3.63, 3.8) is 0 Å². The van der Waals surface area contributed by atoms with Crippen LogP contribution in [0.2, 0.25) is 0 Å². The van der Waals surface area contributed by atoms with Gasteiger partial charge in [-0.1, -0.05) is 6.07 Å². The van der Waals surface area contributed by atoms with E-state index in [4.69, 9.17) is 4.74 Å². The molecule has 1 aliphatic heterocycles. The molecule has 1 aromatic rings. The minimum Gasteiger partial charge on any atom is -0.360 e. The summed E-state index contributed by atoms with van der Waals surface area (Å²) in [6.07, 6.45) is -0.787. The second-order valence-electron chi connectivity index (χ2n) is 6.42. The number of hydrogen-bond acceptors (Lipinski definition) is 5. The predicted molar refractivity (Wildman–Crippen MR) is 84.5 cm³/mol. The SMILES string of the molecule is CC(C)(C)NS(=O)(=O)c1cccc(NC(=O)C2CC(=O)CO2)c1. The van der Waals surface area contributed by atoms with Crippen molar-refractivity contribution in [1.29, 1.82) is 0 Å². The predicted octanol–water partition coefficient (Wildman–Crippen LogP) is 1.06. The Bertz CT molecular complexity index is 722. The van der Waals surface area contributed by atoms with Crippen LogP contribution in [0.5, 0.6) is 0 Å². The molecular weight excluding hydrogens is 320 g/mol. The average Bonchev–Trinajstić information content (AvgIpc) is 2.83. The summed E-state index contributed by atoms with van der Waals surface area (Å²) in [7, 11) is -3.69. The Morgan fingerprint density at radius 2 is 2.00 bits per heavy atom. The molecule has 2 rings (SSSR count). The van der Waals surface area contributed by atoms with Gasteiger partial charge in [0.1, 0.15) is 12.7 Å². The third-order valence-electron chi connectivity index (χ3n) is 3.00. The molecule has 1 heterocycles. The maximum atomic E-state index is 12.3. The van der Waals surface area contributed by atoms with E-state index in [0.29, 0.717) is 5.69 Å². The molecule has 0 radical (unpaired) electrons. The van der Waals surface area contributed by atoms with E-state index in [1.807, 2.05) is 0 Å². The lowest BCUT2D eigenvalue weighted by molar-refractivity contribution is -0.124. The molecule has 1 amide bonds. The summed E-state index contributed by atoms with van der Waals surface area (Å²) < 4.78 is 32.2. The molecule has 1 atom stereocenters. The summed E-state index contributed by atoms with van der Waals surface area (Å²) >= 11 is 0. The topological polar surface area (TPSA) is 102 Å². The van der Waals surface area contributed by atoms with Gasteiger partial charge in [0.25, 0.3) is 5.91 Å². The van der Waals surface area contributed by atoms with E-state index in [9.17, 15) is 18.0 Å². The third-order valence-corrected chi connectivity index (χ3v) is 4.76. The van der Waals surface area contributed by atoms with E-state index in [-0.39, 0.29) is 23.7 Å². The van der Waals surface area contributed by atoms with Crippen molar-refractivity contribution in [2.75, 3.05) is 11.9 Å². The number of ketones is 1. The Labute approximate surface area is 135 Å². The van der Waals surface area contributed by atoms with Crippen LogP contribution < -0.4 is 10.0 Å². The van der Waals surface area contributed by atoms with Crippen molar-refractivity contribution in [1.82, 2.24) is 4.72 Å². The van der Waals surface area contributed by atoms with E-state index in [2.05, 4.69) is 10.0 Å². The van der Waals surface area contributed by atoms with Crippen LogP contribution in [0.25, 0.3) is 0 Å². The Morgan fingerprint density at radius 3 is 2.57 bits per heavy atom. The molecule has 23 heavy (non-hydrogen) atoms. The first-order chi connectivity index (χ1) is 10.6.